The summed E-state index contributed by atoms with van der Waals surface area (Å²) < 4.78 is 7.92. The van der Waals surface area contributed by atoms with Crippen molar-refractivity contribution < 1.29 is 4.74 Å². The van der Waals surface area contributed by atoms with Crippen molar-refractivity contribution in [2.75, 3.05) is 7.11 Å². The zero-order chi connectivity index (χ0) is 15.5. The zero-order valence-corrected chi connectivity index (χ0v) is 13.9. The Morgan fingerprint density at radius 1 is 1.52 bits per heavy atom. The monoisotopic (exact) mass is 294 g/mol. The van der Waals surface area contributed by atoms with E-state index >= 15 is 0 Å². The van der Waals surface area contributed by atoms with Crippen molar-refractivity contribution >= 4 is 0 Å². The predicted molar refractivity (Wildman–Crippen MR) is 84.8 cm³/mol. The van der Waals surface area contributed by atoms with Gasteiger partial charge < -0.3 is 4.74 Å². The molecule has 21 heavy (non-hydrogen) atoms. The summed E-state index contributed by atoms with van der Waals surface area (Å²) in [4.78, 5) is 0. The van der Waals surface area contributed by atoms with Crippen LogP contribution in [0.3, 0.4) is 0 Å². The molecule has 1 fully saturated rings. The average Bonchev–Trinajstić information content (AvgIpc) is 2.86. The number of rotatable bonds is 6. The molecular weight excluding hydrogens is 264 g/mol. The highest BCUT2D eigenvalue weighted by atomic mass is 16.5. The summed E-state index contributed by atoms with van der Waals surface area (Å²) in [6.45, 7) is 4.45. The van der Waals surface area contributed by atoms with Gasteiger partial charge >= 0.3 is 0 Å². The number of hydrazine groups is 1. The third-order valence-corrected chi connectivity index (χ3v) is 5.17. The van der Waals surface area contributed by atoms with E-state index in [9.17, 15) is 0 Å². The van der Waals surface area contributed by atoms with E-state index in [4.69, 9.17) is 10.6 Å². The molecule has 0 spiro atoms. The van der Waals surface area contributed by atoms with Crippen molar-refractivity contribution in [3.63, 3.8) is 0 Å². The number of nitrogens with zero attached hydrogens (tertiary/aromatic N) is 2. The van der Waals surface area contributed by atoms with Crippen LogP contribution in [0.25, 0.3) is 0 Å². The van der Waals surface area contributed by atoms with Gasteiger partial charge in [0, 0.05) is 26.3 Å². The molecule has 0 aromatic carbocycles. The Morgan fingerprint density at radius 3 is 2.67 bits per heavy atom. The maximum Gasteiger partial charge on any atom is 0.0848 e. The second-order valence-corrected chi connectivity index (χ2v) is 6.48. The van der Waals surface area contributed by atoms with E-state index in [0.717, 1.165) is 37.3 Å². The molecule has 1 unspecified atom stereocenters. The van der Waals surface area contributed by atoms with Gasteiger partial charge in [0.15, 0.2) is 0 Å². The minimum absolute atomic E-state index is 0.120. The van der Waals surface area contributed by atoms with Crippen LogP contribution >= 0.6 is 0 Å². The van der Waals surface area contributed by atoms with E-state index in [1.165, 1.54) is 18.5 Å². The Kier molecular flexibility index (Phi) is 5.41. The fraction of sp³-hybridized carbons (Fsp3) is 0.812. The molecule has 1 aliphatic rings. The molecule has 1 saturated carbocycles. The van der Waals surface area contributed by atoms with Crippen molar-refractivity contribution in [3.8, 4) is 0 Å². The Bertz CT molecular complexity index is 449. The lowest BCUT2D eigenvalue weighted by Gasteiger charge is -2.43. The van der Waals surface area contributed by atoms with Gasteiger partial charge in [-0.3, -0.25) is 16.0 Å². The highest BCUT2D eigenvalue weighted by Crippen LogP contribution is 2.37. The van der Waals surface area contributed by atoms with Gasteiger partial charge in [-0.05, 0) is 44.1 Å². The molecule has 1 aromatic heterocycles. The van der Waals surface area contributed by atoms with Crippen LogP contribution in [-0.2, 0) is 24.6 Å². The first-order chi connectivity index (χ1) is 10.0. The van der Waals surface area contributed by atoms with Crippen LogP contribution < -0.4 is 11.3 Å². The van der Waals surface area contributed by atoms with Crippen LogP contribution in [0.1, 0.15) is 50.9 Å². The summed E-state index contributed by atoms with van der Waals surface area (Å²) >= 11 is 0. The molecule has 0 aliphatic heterocycles. The first-order valence-electron chi connectivity index (χ1n) is 8.07. The summed E-state index contributed by atoms with van der Waals surface area (Å²) in [6, 6.07) is 2.30. The SMILES string of the molecule is CCc1cc(CC(NN)C2(OC)CCC(C)CC2)n(C)n1. The van der Waals surface area contributed by atoms with Crippen LogP contribution in [0.2, 0.25) is 0 Å². The van der Waals surface area contributed by atoms with Crippen molar-refractivity contribution in [2.24, 2.45) is 18.8 Å². The number of methoxy groups -OCH3 is 1. The normalized spacial score (nSPS) is 27.8. The Labute approximate surface area is 128 Å². The fourth-order valence-electron chi connectivity index (χ4n) is 3.49. The lowest BCUT2D eigenvalue weighted by molar-refractivity contribution is -0.0749. The van der Waals surface area contributed by atoms with Crippen LogP contribution in [-0.4, -0.2) is 28.5 Å². The molecule has 1 aliphatic carbocycles. The Hall–Kier alpha value is -0.910. The molecule has 1 heterocycles. The molecular formula is C16H30N4O. The maximum absolute atomic E-state index is 5.95. The largest absolute Gasteiger partial charge is 0.377 e. The molecule has 120 valence electrons. The van der Waals surface area contributed by atoms with Crippen LogP contribution in [0.5, 0.6) is 0 Å². The van der Waals surface area contributed by atoms with E-state index < -0.39 is 0 Å². The number of aryl methyl sites for hydroxylation is 2. The van der Waals surface area contributed by atoms with Gasteiger partial charge in [0.25, 0.3) is 0 Å². The third kappa shape index (κ3) is 3.47. The predicted octanol–water partition coefficient (Wildman–Crippen LogP) is 1.95. The summed E-state index contributed by atoms with van der Waals surface area (Å²) in [5.41, 5.74) is 5.20. The number of hydrogen-bond donors (Lipinski definition) is 2. The van der Waals surface area contributed by atoms with Gasteiger partial charge in [-0.25, -0.2) is 0 Å². The minimum Gasteiger partial charge on any atom is -0.377 e. The zero-order valence-electron chi connectivity index (χ0n) is 13.9. The molecule has 2 rings (SSSR count). The average molecular weight is 294 g/mol. The summed E-state index contributed by atoms with van der Waals surface area (Å²) in [5.74, 6) is 6.66. The highest BCUT2D eigenvalue weighted by Gasteiger charge is 2.41. The topological polar surface area (TPSA) is 65.1 Å². The number of nitrogens with two attached hydrogens (primary N) is 1. The van der Waals surface area contributed by atoms with E-state index in [1.807, 2.05) is 18.8 Å². The number of nitrogens with one attached hydrogen (secondary N) is 1. The van der Waals surface area contributed by atoms with Gasteiger partial charge in [0.1, 0.15) is 0 Å². The van der Waals surface area contributed by atoms with Gasteiger partial charge in [-0.2, -0.15) is 5.10 Å². The molecule has 5 heteroatoms. The number of ether oxygens (including phenoxy) is 1. The third-order valence-electron chi connectivity index (χ3n) is 5.17. The van der Waals surface area contributed by atoms with E-state index in [-0.39, 0.29) is 11.6 Å². The van der Waals surface area contributed by atoms with E-state index in [2.05, 4.69) is 30.4 Å². The molecule has 1 atom stereocenters. The minimum atomic E-state index is -0.155. The van der Waals surface area contributed by atoms with Crippen molar-refractivity contribution in [2.45, 2.75) is 64.0 Å². The molecule has 0 saturated heterocycles. The molecule has 0 bridgehead atoms. The molecule has 1 aromatic rings. The summed E-state index contributed by atoms with van der Waals surface area (Å²) in [7, 11) is 3.82. The molecule has 0 radical (unpaired) electrons. The van der Waals surface area contributed by atoms with E-state index in [0.29, 0.717) is 0 Å². The molecule has 3 N–H and O–H groups in total. The Balaban J connectivity index is 2.15. The Morgan fingerprint density at radius 2 is 2.19 bits per heavy atom. The smallest absolute Gasteiger partial charge is 0.0848 e. The first kappa shape index (κ1) is 16.5. The van der Waals surface area contributed by atoms with Gasteiger partial charge in [0.2, 0.25) is 0 Å². The van der Waals surface area contributed by atoms with Crippen LogP contribution in [0, 0.1) is 5.92 Å². The highest BCUT2D eigenvalue weighted by molar-refractivity contribution is 5.13. The summed E-state index contributed by atoms with van der Waals surface area (Å²) in [5, 5.41) is 4.53. The fourth-order valence-corrected chi connectivity index (χ4v) is 3.49. The summed E-state index contributed by atoms with van der Waals surface area (Å²) in [6.07, 6.45) is 6.36. The van der Waals surface area contributed by atoms with Gasteiger partial charge in [0.05, 0.1) is 17.3 Å². The van der Waals surface area contributed by atoms with Crippen molar-refractivity contribution in [3.05, 3.63) is 17.5 Å². The second-order valence-electron chi connectivity index (χ2n) is 6.48. The van der Waals surface area contributed by atoms with E-state index in [1.54, 1.807) is 0 Å². The lowest BCUT2D eigenvalue weighted by atomic mass is 9.74. The lowest BCUT2D eigenvalue weighted by Crippen LogP contribution is -2.57. The standard InChI is InChI=1S/C16H30N4O/c1-5-13-10-14(20(3)19-13)11-15(18-17)16(21-4)8-6-12(2)7-9-16/h10,12,15,18H,5-9,11,17H2,1-4H3. The number of hydrogen-bond acceptors (Lipinski definition) is 4. The first-order valence-corrected chi connectivity index (χ1v) is 8.07. The van der Waals surface area contributed by atoms with Gasteiger partial charge in [-0.1, -0.05) is 13.8 Å². The molecule has 0 amide bonds. The van der Waals surface area contributed by atoms with Crippen molar-refractivity contribution in [1.29, 1.82) is 0 Å². The van der Waals surface area contributed by atoms with Crippen LogP contribution in [0.4, 0.5) is 0 Å². The quantitative estimate of drug-likeness (QED) is 0.622. The van der Waals surface area contributed by atoms with Gasteiger partial charge in [-0.15, -0.1) is 0 Å². The van der Waals surface area contributed by atoms with Crippen LogP contribution in [0.15, 0.2) is 6.07 Å². The maximum atomic E-state index is 5.95. The number of aromatic nitrogens is 2. The molecule has 5 nitrogen and oxygen atoms in total. The second kappa shape index (κ2) is 6.90. The van der Waals surface area contributed by atoms with Crippen molar-refractivity contribution in [1.82, 2.24) is 15.2 Å².